The van der Waals surface area contributed by atoms with Gasteiger partial charge in [0.05, 0.1) is 12.8 Å². The van der Waals surface area contributed by atoms with Crippen molar-refractivity contribution in [1.29, 1.82) is 0 Å². The number of benzene rings is 2. The maximum atomic E-state index is 13.5. The molecule has 212 valence electrons. The van der Waals surface area contributed by atoms with Gasteiger partial charge in [-0.25, -0.2) is 0 Å². The zero-order chi connectivity index (χ0) is 28.3. The van der Waals surface area contributed by atoms with E-state index in [9.17, 15) is 9.59 Å². The van der Waals surface area contributed by atoms with Crippen molar-refractivity contribution in [2.45, 2.75) is 20.3 Å². The van der Waals surface area contributed by atoms with Gasteiger partial charge in [-0.2, -0.15) is 0 Å². The Hall–Kier alpha value is -3.98. The standard InChI is InChI=1S/C31H40N6O3/c1-4-34(5-2)19-20-37(31(39)26-13-9-14-27(23-26)40-3)24-30(38)36-18-10-17-35(21-22-36)29-16-15-28(32-33-29)25-11-7-6-8-12-25/h6-9,11-16,23H,4-5,10,17-22,24H2,1-3H3. The summed E-state index contributed by atoms with van der Waals surface area (Å²) >= 11 is 0. The maximum absolute atomic E-state index is 13.5. The van der Waals surface area contributed by atoms with Crippen molar-refractivity contribution in [3.63, 3.8) is 0 Å². The summed E-state index contributed by atoms with van der Waals surface area (Å²) in [5, 5.41) is 8.90. The number of hydrogen-bond acceptors (Lipinski definition) is 7. The summed E-state index contributed by atoms with van der Waals surface area (Å²) in [5.41, 5.74) is 2.39. The minimum Gasteiger partial charge on any atom is -0.497 e. The SMILES string of the molecule is CCN(CC)CCN(CC(=O)N1CCCN(c2ccc(-c3ccccc3)nn2)CC1)C(=O)c1cccc(OC)c1. The molecule has 2 heterocycles. The summed E-state index contributed by atoms with van der Waals surface area (Å²) in [5.74, 6) is 1.23. The monoisotopic (exact) mass is 544 g/mol. The number of amides is 2. The van der Waals surface area contributed by atoms with E-state index in [1.807, 2.05) is 53.4 Å². The third kappa shape index (κ3) is 7.57. The van der Waals surface area contributed by atoms with Crippen LogP contribution < -0.4 is 9.64 Å². The smallest absolute Gasteiger partial charge is 0.254 e. The van der Waals surface area contributed by atoms with Crippen LogP contribution >= 0.6 is 0 Å². The highest BCUT2D eigenvalue weighted by atomic mass is 16.5. The van der Waals surface area contributed by atoms with Crippen LogP contribution in [-0.4, -0.2) is 103 Å². The lowest BCUT2D eigenvalue weighted by Gasteiger charge is -2.29. The van der Waals surface area contributed by atoms with Gasteiger partial charge in [0.25, 0.3) is 5.91 Å². The van der Waals surface area contributed by atoms with E-state index in [0.29, 0.717) is 44.0 Å². The predicted molar refractivity (Wildman–Crippen MR) is 158 cm³/mol. The number of aromatic nitrogens is 2. The number of carbonyl (C=O) groups is 2. The lowest BCUT2D eigenvalue weighted by Crippen LogP contribution is -2.46. The molecule has 0 unspecified atom stereocenters. The molecule has 0 saturated carbocycles. The van der Waals surface area contributed by atoms with Gasteiger partial charge in [0.1, 0.15) is 12.3 Å². The Morgan fingerprint density at radius 1 is 0.875 bits per heavy atom. The molecule has 1 aliphatic rings. The molecular weight excluding hydrogens is 504 g/mol. The van der Waals surface area contributed by atoms with Crippen molar-refractivity contribution in [2.24, 2.45) is 0 Å². The average Bonchev–Trinajstić information content (AvgIpc) is 3.28. The molecule has 0 bridgehead atoms. The summed E-state index contributed by atoms with van der Waals surface area (Å²) in [6.07, 6.45) is 0.817. The summed E-state index contributed by atoms with van der Waals surface area (Å²) in [6, 6.07) is 21.1. The third-order valence-corrected chi connectivity index (χ3v) is 7.40. The van der Waals surface area contributed by atoms with Crippen molar-refractivity contribution in [3.05, 3.63) is 72.3 Å². The number of likely N-dealkylation sites (N-methyl/N-ethyl adjacent to an activating group) is 1. The van der Waals surface area contributed by atoms with Crippen molar-refractivity contribution in [3.8, 4) is 17.0 Å². The number of hydrogen-bond donors (Lipinski definition) is 0. The molecule has 1 aromatic heterocycles. The minimum absolute atomic E-state index is 0.0387. The first-order chi connectivity index (χ1) is 19.5. The molecule has 0 radical (unpaired) electrons. The molecule has 0 aliphatic carbocycles. The molecule has 2 aromatic carbocycles. The van der Waals surface area contributed by atoms with E-state index in [1.165, 1.54) is 0 Å². The highest BCUT2D eigenvalue weighted by molar-refractivity contribution is 5.96. The van der Waals surface area contributed by atoms with Crippen LogP contribution in [0.3, 0.4) is 0 Å². The van der Waals surface area contributed by atoms with Gasteiger partial charge >= 0.3 is 0 Å². The number of nitrogens with zero attached hydrogens (tertiary/aromatic N) is 6. The molecule has 9 heteroatoms. The molecule has 9 nitrogen and oxygen atoms in total. The van der Waals surface area contributed by atoms with Crippen LogP contribution in [0.5, 0.6) is 5.75 Å². The van der Waals surface area contributed by atoms with E-state index in [4.69, 9.17) is 4.74 Å². The summed E-state index contributed by atoms with van der Waals surface area (Å²) < 4.78 is 5.32. The maximum Gasteiger partial charge on any atom is 0.254 e. The second-order valence-corrected chi connectivity index (χ2v) is 9.85. The average molecular weight is 545 g/mol. The van der Waals surface area contributed by atoms with E-state index in [1.54, 1.807) is 30.2 Å². The molecule has 4 rings (SSSR count). The van der Waals surface area contributed by atoms with Gasteiger partial charge in [0, 0.05) is 50.4 Å². The number of carbonyl (C=O) groups excluding carboxylic acids is 2. The quantitative estimate of drug-likeness (QED) is 0.364. The molecule has 0 N–H and O–H groups in total. The Kier molecular flexibility index (Phi) is 10.5. The molecule has 3 aromatic rings. The summed E-state index contributed by atoms with van der Waals surface area (Å²) in [7, 11) is 1.58. The van der Waals surface area contributed by atoms with E-state index in [2.05, 4.69) is 33.8 Å². The molecule has 1 saturated heterocycles. The molecule has 1 fully saturated rings. The number of anilines is 1. The minimum atomic E-state index is -0.162. The largest absolute Gasteiger partial charge is 0.497 e. The number of ether oxygens (including phenoxy) is 1. The summed E-state index contributed by atoms with van der Waals surface area (Å²) in [4.78, 5) is 35.0. The van der Waals surface area contributed by atoms with Crippen LogP contribution in [-0.2, 0) is 4.79 Å². The molecular formula is C31H40N6O3. The van der Waals surface area contributed by atoms with Crippen LogP contribution in [0.2, 0.25) is 0 Å². The van der Waals surface area contributed by atoms with Gasteiger partial charge < -0.3 is 24.3 Å². The summed E-state index contributed by atoms with van der Waals surface area (Å²) in [6.45, 7) is 9.88. The van der Waals surface area contributed by atoms with E-state index >= 15 is 0 Å². The van der Waals surface area contributed by atoms with Crippen molar-refractivity contribution < 1.29 is 14.3 Å². The number of rotatable bonds is 11. The molecule has 1 aliphatic heterocycles. The van der Waals surface area contributed by atoms with Crippen molar-refractivity contribution in [2.75, 3.05) is 70.9 Å². The van der Waals surface area contributed by atoms with Gasteiger partial charge in [-0.1, -0.05) is 50.2 Å². The van der Waals surface area contributed by atoms with Crippen LogP contribution in [0.25, 0.3) is 11.3 Å². The Morgan fingerprint density at radius 3 is 2.38 bits per heavy atom. The van der Waals surface area contributed by atoms with Gasteiger partial charge in [-0.15, -0.1) is 10.2 Å². The van der Waals surface area contributed by atoms with Gasteiger partial charge in [0.2, 0.25) is 5.91 Å². The van der Waals surface area contributed by atoms with Gasteiger partial charge in [0.15, 0.2) is 5.82 Å². The fourth-order valence-electron chi connectivity index (χ4n) is 4.91. The third-order valence-electron chi connectivity index (χ3n) is 7.40. The van der Waals surface area contributed by atoms with E-state index in [-0.39, 0.29) is 18.4 Å². The second-order valence-electron chi connectivity index (χ2n) is 9.85. The van der Waals surface area contributed by atoms with Gasteiger partial charge in [-0.3, -0.25) is 9.59 Å². The van der Waals surface area contributed by atoms with Crippen LogP contribution in [0.4, 0.5) is 5.82 Å². The normalized spacial score (nSPS) is 13.7. The molecule has 40 heavy (non-hydrogen) atoms. The first-order valence-corrected chi connectivity index (χ1v) is 14.1. The fourth-order valence-corrected chi connectivity index (χ4v) is 4.91. The molecule has 0 atom stereocenters. The Bertz CT molecular complexity index is 1230. The first kappa shape index (κ1) is 29.0. The predicted octanol–water partition coefficient (Wildman–Crippen LogP) is 3.68. The van der Waals surface area contributed by atoms with Gasteiger partial charge in [-0.05, 0) is 49.8 Å². The highest BCUT2D eigenvalue weighted by Crippen LogP contribution is 2.20. The van der Waals surface area contributed by atoms with Crippen LogP contribution in [0.1, 0.15) is 30.6 Å². The fraction of sp³-hybridized carbons (Fsp3) is 0.419. The Morgan fingerprint density at radius 2 is 1.68 bits per heavy atom. The molecule has 0 spiro atoms. The van der Waals surface area contributed by atoms with Crippen LogP contribution in [0, 0.1) is 0 Å². The highest BCUT2D eigenvalue weighted by Gasteiger charge is 2.25. The topological polar surface area (TPSA) is 82.1 Å². The lowest BCUT2D eigenvalue weighted by atomic mass is 10.1. The zero-order valence-electron chi connectivity index (χ0n) is 23.8. The van der Waals surface area contributed by atoms with Crippen molar-refractivity contribution in [1.82, 2.24) is 24.9 Å². The lowest BCUT2D eigenvalue weighted by molar-refractivity contribution is -0.131. The molecule has 2 amide bonds. The van der Waals surface area contributed by atoms with E-state index in [0.717, 1.165) is 43.1 Å². The second kappa shape index (κ2) is 14.4. The van der Waals surface area contributed by atoms with Crippen LogP contribution in [0.15, 0.2) is 66.7 Å². The Balaban J connectivity index is 1.40. The van der Waals surface area contributed by atoms with E-state index < -0.39 is 0 Å². The zero-order valence-corrected chi connectivity index (χ0v) is 23.8. The first-order valence-electron chi connectivity index (χ1n) is 14.1. The van der Waals surface area contributed by atoms with Crippen molar-refractivity contribution >= 4 is 17.6 Å². The Labute approximate surface area is 237 Å². The number of methoxy groups -OCH3 is 1.